The maximum atomic E-state index is 11.7. The lowest BCUT2D eigenvalue weighted by Crippen LogP contribution is -2.34. The van der Waals surface area contributed by atoms with Crippen LogP contribution in [0.5, 0.6) is 0 Å². The lowest BCUT2D eigenvalue weighted by atomic mass is 9.94. The molecule has 0 aromatic carbocycles. The van der Waals surface area contributed by atoms with Crippen molar-refractivity contribution in [3.05, 3.63) is 36.0 Å². The van der Waals surface area contributed by atoms with Gasteiger partial charge in [-0.3, -0.25) is 9.59 Å². The lowest BCUT2D eigenvalue weighted by molar-refractivity contribution is -0.127. The number of likely N-dealkylation sites (N-methyl/N-ethyl adjacent to an activating group) is 1. The van der Waals surface area contributed by atoms with Crippen LogP contribution < -0.4 is 10.6 Å². The number of fused-ring (bicyclic) bond motifs is 2. The number of anilines is 1. The van der Waals surface area contributed by atoms with Gasteiger partial charge in [-0.05, 0) is 70.1 Å². The number of nitrogens with zero attached hydrogens (tertiary/aromatic N) is 3. The molecule has 0 radical (unpaired) electrons. The van der Waals surface area contributed by atoms with Crippen molar-refractivity contribution in [3.8, 4) is 0 Å². The van der Waals surface area contributed by atoms with Gasteiger partial charge in [-0.1, -0.05) is 6.08 Å². The number of allylic oxidation sites excluding steroid dienone is 2. The Morgan fingerprint density at radius 1 is 1.39 bits per heavy atom. The number of hydrogen-bond acceptors (Lipinski definition) is 5. The number of nitrogens with one attached hydrogen (secondary N) is 2. The molecule has 2 aliphatic rings. The molecule has 2 amide bonds. The fraction of sp³-hybridized carbons (Fsp3) is 0.524. The van der Waals surface area contributed by atoms with Crippen LogP contribution in [-0.2, 0) is 9.59 Å². The number of carbonyl (C=O) groups is 2. The molecule has 28 heavy (non-hydrogen) atoms. The predicted molar refractivity (Wildman–Crippen MR) is 110 cm³/mol. The summed E-state index contributed by atoms with van der Waals surface area (Å²) in [4.78, 5) is 27.6. The van der Waals surface area contributed by atoms with Crippen LogP contribution in [0.25, 0.3) is 0 Å². The summed E-state index contributed by atoms with van der Waals surface area (Å²) in [6.45, 7) is 4.10. The van der Waals surface area contributed by atoms with Crippen molar-refractivity contribution in [2.24, 2.45) is 11.0 Å². The molecule has 0 aliphatic heterocycles. The molecule has 2 aliphatic carbocycles. The maximum absolute atomic E-state index is 11.7. The summed E-state index contributed by atoms with van der Waals surface area (Å²) in [6.07, 6.45) is 12.3. The number of amides is 2. The number of rotatable bonds is 9. The molecular formula is C21H29N5O2. The molecule has 150 valence electrons. The Kier molecular flexibility index (Phi) is 6.44. The highest BCUT2D eigenvalue weighted by Crippen LogP contribution is 2.49. The van der Waals surface area contributed by atoms with Gasteiger partial charge in [0.1, 0.15) is 12.4 Å². The Labute approximate surface area is 166 Å². The van der Waals surface area contributed by atoms with E-state index in [1.807, 2.05) is 32.1 Å². The first-order valence-electron chi connectivity index (χ1n) is 10.0. The van der Waals surface area contributed by atoms with E-state index in [1.165, 1.54) is 32.1 Å². The molecule has 7 nitrogen and oxygen atoms in total. The van der Waals surface area contributed by atoms with E-state index >= 15 is 0 Å². The zero-order valence-electron chi connectivity index (χ0n) is 16.6. The van der Waals surface area contributed by atoms with E-state index < -0.39 is 0 Å². The van der Waals surface area contributed by atoms with Crippen LogP contribution in [0.3, 0.4) is 0 Å². The standard InChI is InChI=1S/C21H29N5O2/c1-3-5-18(25-26(15-27)14-20(28)22-4-2)17-6-7-19(23-13-17)24-21-10-8-16(12-21)9-11-21/h3,5-7,13,15-16H,4,8-12,14H2,1-2H3,(H,22,28)(H,23,24)/b5-3-,25-18+. The normalized spacial score (nSPS) is 23.8. The first-order chi connectivity index (χ1) is 13.6. The van der Waals surface area contributed by atoms with E-state index in [-0.39, 0.29) is 18.0 Å². The molecule has 0 unspecified atom stereocenters. The third-order valence-electron chi connectivity index (χ3n) is 5.56. The second-order valence-corrected chi connectivity index (χ2v) is 7.63. The molecule has 7 heteroatoms. The predicted octanol–water partition coefficient (Wildman–Crippen LogP) is 2.70. The SMILES string of the molecule is C/C=C\C(=N/N(C=O)CC(=O)NCC)c1ccc(NC23CCC(CC2)C3)nc1. The van der Waals surface area contributed by atoms with Gasteiger partial charge < -0.3 is 10.6 Å². The lowest BCUT2D eigenvalue weighted by Gasteiger charge is -2.28. The molecule has 1 aromatic rings. The smallest absolute Gasteiger partial charge is 0.241 e. The zero-order valence-corrected chi connectivity index (χ0v) is 16.6. The summed E-state index contributed by atoms with van der Waals surface area (Å²) in [5.74, 6) is 1.50. The van der Waals surface area contributed by atoms with Crippen LogP contribution in [0.4, 0.5) is 5.82 Å². The van der Waals surface area contributed by atoms with Gasteiger partial charge in [0.15, 0.2) is 0 Å². The summed E-state index contributed by atoms with van der Waals surface area (Å²) in [5, 5.41) is 11.7. The van der Waals surface area contributed by atoms with Crippen molar-refractivity contribution in [1.82, 2.24) is 15.3 Å². The fourth-order valence-electron chi connectivity index (χ4n) is 4.24. The van der Waals surface area contributed by atoms with E-state index in [1.54, 1.807) is 12.3 Å². The number of hydrazone groups is 1. The molecule has 2 bridgehead atoms. The summed E-state index contributed by atoms with van der Waals surface area (Å²) in [5.41, 5.74) is 1.60. The largest absolute Gasteiger partial charge is 0.365 e. The summed E-state index contributed by atoms with van der Waals surface area (Å²) in [6, 6.07) is 3.91. The molecular weight excluding hydrogens is 354 g/mol. The summed E-state index contributed by atoms with van der Waals surface area (Å²) in [7, 11) is 0. The third-order valence-corrected chi connectivity index (χ3v) is 5.56. The number of carbonyl (C=O) groups excluding carboxylic acids is 2. The quantitative estimate of drug-likeness (QED) is 0.390. The number of hydrogen-bond donors (Lipinski definition) is 2. The van der Waals surface area contributed by atoms with Gasteiger partial charge in [0.2, 0.25) is 12.3 Å². The Morgan fingerprint density at radius 2 is 2.18 bits per heavy atom. The molecule has 0 atom stereocenters. The second-order valence-electron chi connectivity index (χ2n) is 7.63. The van der Waals surface area contributed by atoms with Crippen molar-refractivity contribution >= 4 is 23.8 Å². The van der Waals surface area contributed by atoms with Crippen LogP contribution in [0.15, 0.2) is 35.6 Å². The van der Waals surface area contributed by atoms with Crippen LogP contribution in [0.1, 0.15) is 51.5 Å². The molecule has 2 saturated carbocycles. The summed E-state index contributed by atoms with van der Waals surface area (Å²) < 4.78 is 0. The molecule has 3 rings (SSSR count). The molecule has 1 heterocycles. The van der Waals surface area contributed by atoms with E-state index in [9.17, 15) is 9.59 Å². The monoisotopic (exact) mass is 383 g/mol. The fourth-order valence-corrected chi connectivity index (χ4v) is 4.24. The molecule has 0 saturated heterocycles. The van der Waals surface area contributed by atoms with Gasteiger partial charge in [-0.2, -0.15) is 5.10 Å². The van der Waals surface area contributed by atoms with E-state index in [0.717, 1.165) is 22.3 Å². The average Bonchev–Trinajstić information content (AvgIpc) is 3.28. The zero-order chi connectivity index (χ0) is 20.0. The Morgan fingerprint density at radius 3 is 2.71 bits per heavy atom. The van der Waals surface area contributed by atoms with Gasteiger partial charge in [0, 0.05) is 23.8 Å². The average molecular weight is 383 g/mol. The van der Waals surface area contributed by atoms with Crippen molar-refractivity contribution in [3.63, 3.8) is 0 Å². The molecule has 0 spiro atoms. The Bertz CT molecular complexity index is 749. The van der Waals surface area contributed by atoms with Gasteiger partial charge in [0.25, 0.3) is 0 Å². The van der Waals surface area contributed by atoms with Crippen LogP contribution >= 0.6 is 0 Å². The van der Waals surface area contributed by atoms with E-state index in [2.05, 4.69) is 20.7 Å². The van der Waals surface area contributed by atoms with Crippen molar-refractivity contribution in [2.45, 2.75) is 51.5 Å². The van der Waals surface area contributed by atoms with Crippen LogP contribution in [-0.4, -0.2) is 46.7 Å². The van der Waals surface area contributed by atoms with Crippen molar-refractivity contribution in [2.75, 3.05) is 18.4 Å². The van der Waals surface area contributed by atoms with E-state index in [4.69, 9.17) is 0 Å². The van der Waals surface area contributed by atoms with Gasteiger partial charge in [0.05, 0.1) is 5.71 Å². The topological polar surface area (TPSA) is 86.7 Å². The minimum absolute atomic E-state index is 0.116. The summed E-state index contributed by atoms with van der Waals surface area (Å²) >= 11 is 0. The minimum atomic E-state index is -0.249. The molecule has 2 fully saturated rings. The maximum Gasteiger partial charge on any atom is 0.241 e. The van der Waals surface area contributed by atoms with Crippen molar-refractivity contribution in [1.29, 1.82) is 0 Å². The highest BCUT2D eigenvalue weighted by atomic mass is 16.2. The highest BCUT2D eigenvalue weighted by molar-refractivity contribution is 6.08. The minimum Gasteiger partial charge on any atom is -0.365 e. The third kappa shape index (κ3) is 4.77. The van der Waals surface area contributed by atoms with Crippen molar-refractivity contribution < 1.29 is 9.59 Å². The first-order valence-corrected chi connectivity index (χ1v) is 10.0. The highest BCUT2D eigenvalue weighted by Gasteiger charge is 2.44. The van der Waals surface area contributed by atoms with Gasteiger partial charge >= 0.3 is 0 Å². The first kappa shape index (κ1) is 20.0. The van der Waals surface area contributed by atoms with E-state index in [0.29, 0.717) is 18.7 Å². The van der Waals surface area contributed by atoms with Gasteiger partial charge in [-0.15, -0.1) is 0 Å². The van der Waals surface area contributed by atoms with Gasteiger partial charge in [-0.25, -0.2) is 9.99 Å². The number of aromatic nitrogens is 1. The number of pyridine rings is 1. The molecule has 1 aromatic heterocycles. The Balaban J connectivity index is 1.72. The molecule has 2 N–H and O–H groups in total. The Hall–Kier alpha value is -2.70. The van der Waals surface area contributed by atoms with Crippen LogP contribution in [0, 0.1) is 5.92 Å². The second kappa shape index (κ2) is 8.99. The van der Waals surface area contributed by atoms with Crippen LogP contribution in [0.2, 0.25) is 0 Å².